The van der Waals surface area contributed by atoms with Crippen LogP contribution in [0, 0.1) is 5.92 Å². The highest BCUT2D eigenvalue weighted by Gasteiger charge is 2.35. The van der Waals surface area contributed by atoms with Gasteiger partial charge in [0.1, 0.15) is 5.92 Å². The zero-order valence-electron chi connectivity index (χ0n) is 8.64. The highest BCUT2D eigenvalue weighted by Crippen LogP contribution is 2.19. The summed E-state index contributed by atoms with van der Waals surface area (Å²) in [4.78, 5) is 24.6. The fourth-order valence-corrected chi connectivity index (χ4v) is 1.79. The number of para-hydroxylation sites is 1. The number of hydrogen-bond acceptors (Lipinski definition) is 3. The molecule has 0 spiro atoms. The molecule has 0 saturated carbocycles. The average Bonchev–Trinajstić information content (AvgIpc) is 2.28. The molecule has 5 heteroatoms. The first-order valence-electron chi connectivity index (χ1n) is 4.85. The van der Waals surface area contributed by atoms with Gasteiger partial charge in [-0.3, -0.25) is 14.5 Å². The minimum Gasteiger partial charge on any atom is -0.302 e. The van der Waals surface area contributed by atoms with Crippen molar-refractivity contribution in [1.29, 1.82) is 0 Å². The van der Waals surface area contributed by atoms with E-state index < -0.39 is 5.92 Å². The van der Waals surface area contributed by atoms with Gasteiger partial charge in [0.2, 0.25) is 11.8 Å². The maximum absolute atomic E-state index is 11.9. The molecule has 1 aliphatic rings. The second kappa shape index (κ2) is 4.02. The highest BCUT2D eigenvalue weighted by molar-refractivity contribution is 7.80. The maximum atomic E-state index is 11.9. The predicted octanol–water partition coefficient (Wildman–Crippen LogP) is 1.07. The Morgan fingerprint density at radius 3 is 2.50 bits per heavy atom. The third kappa shape index (κ3) is 1.69. The lowest BCUT2D eigenvalue weighted by Crippen LogP contribution is -2.57. The standard InChI is InChI=1S/C11H10N2O2S/c1-7-9(14)12-11(16)13(10(7)15)8-5-3-2-4-6-8/h2-7H,1H3,(H,12,14,16). The topological polar surface area (TPSA) is 49.4 Å². The van der Waals surface area contributed by atoms with Crippen LogP contribution >= 0.6 is 12.2 Å². The Balaban J connectivity index is 2.38. The van der Waals surface area contributed by atoms with Crippen molar-refractivity contribution < 1.29 is 9.59 Å². The largest absolute Gasteiger partial charge is 0.302 e. The van der Waals surface area contributed by atoms with Crippen LogP contribution in [-0.4, -0.2) is 16.9 Å². The van der Waals surface area contributed by atoms with Crippen LogP contribution in [-0.2, 0) is 9.59 Å². The van der Waals surface area contributed by atoms with Gasteiger partial charge in [-0.15, -0.1) is 0 Å². The van der Waals surface area contributed by atoms with Crippen molar-refractivity contribution in [3.05, 3.63) is 30.3 Å². The molecule has 0 radical (unpaired) electrons. The van der Waals surface area contributed by atoms with E-state index in [0.29, 0.717) is 5.69 Å². The number of rotatable bonds is 1. The lowest BCUT2D eigenvalue weighted by atomic mass is 10.1. The summed E-state index contributed by atoms with van der Waals surface area (Å²) < 4.78 is 0. The molecule has 1 fully saturated rings. The molecule has 16 heavy (non-hydrogen) atoms. The summed E-state index contributed by atoms with van der Waals surface area (Å²) in [5.41, 5.74) is 0.671. The number of carbonyl (C=O) groups excluding carboxylic acids is 2. The minimum atomic E-state index is -0.702. The van der Waals surface area contributed by atoms with Crippen LogP contribution in [0.25, 0.3) is 0 Å². The normalized spacial score (nSPS) is 20.9. The fraction of sp³-hybridized carbons (Fsp3) is 0.182. The SMILES string of the molecule is CC1C(=O)NC(=S)N(c2ccccc2)C1=O. The van der Waals surface area contributed by atoms with Crippen molar-refractivity contribution in [3.8, 4) is 0 Å². The van der Waals surface area contributed by atoms with Crippen LogP contribution in [0.1, 0.15) is 6.92 Å². The van der Waals surface area contributed by atoms with Crippen molar-refractivity contribution in [2.24, 2.45) is 5.92 Å². The molecular weight excluding hydrogens is 224 g/mol. The van der Waals surface area contributed by atoms with Crippen LogP contribution in [0.15, 0.2) is 30.3 Å². The van der Waals surface area contributed by atoms with Crippen LogP contribution in [0.2, 0.25) is 0 Å². The van der Waals surface area contributed by atoms with Gasteiger partial charge in [0.05, 0.1) is 5.69 Å². The average molecular weight is 234 g/mol. The molecule has 0 bridgehead atoms. The third-order valence-corrected chi connectivity index (χ3v) is 2.72. The quantitative estimate of drug-likeness (QED) is 0.584. The van der Waals surface area contributed by atoms with E-state index in [4.69, 9.17) is 12.2 Å². The van der Waals surface area contributed by atoms with Gasteiger partial charge in [0, 0.05) is 0 Å². The van der Waals surface area contributed by atoms with E-state index in [9.17, 15) is 9.59 Å². The van der Waals surface area contributed by atoms with Gasteiger partial charge in [-0.05, 0) is 31.3 Å². The zero-order chi connectivity index (χ0) is 11.7. The smallest absolute Gasteiger partial charge is 0.245 e. The number of thiocarbonyl (C=S) groups is 1. The van der Waals surface area contributed by atoms with Gasteiger partial charge in [-0.2, -0.15) is 0 Å². The van der Waals surface area contributed by atoms with Gasteiger partial charge < -0.3 is 5.32 Å². The summed E-state index contributed by atoms with van der Waals surface area (Å²) in [5.74, 6) is -1.34. The Morgan fingerprint density at radius 2 is 1.88 bits per heavy atom. The van der Waals surface area contributed by atoms with Gasteiger partial charge in [-0.1, -0.05) is 18.2 Å². The van der Waals surface area contributed by atoms with Crippen molar-refractivity contribution in [2.75, 3.05) is 4.90 Å². The van der Waals surface area contributed by atoms with E-state index in [-0.39, 0.29) is 16.9 Å². The number of anilines is 1. The molecule has 1 aromatic rings. The van der Waals surface area contributed by atoms with E-state index in [1.54, 1.807) is 19.1 Å². The molecule has 1 atom stereocenters. The molecule has 1 aliphatic heterocycles. The zero-order valence-corrected chi connectivity index (χ0v) is 9.45. The first kappa shape index (κ1) is 10.8. The highest BCUT2D eigenvalue weighted by atomic mass is 32.1. The van der Waals surface area contributed by atoms with Gasteiger partial charge in [0.15, 0.2) is 5.11 Å². The lowest BCUT2D eigenvalue weighted by molar-refractivity contribution is -0.132. The molecule has 2 rings (SSSR count). The minimum absolute atomic E-state index is 0.138. The Kier molecular flexibility index (Phi) is 2.70. The van der Waals surface area contributed by atoms with Crippen molar-refractivity contribution in [2.45, 2.75) is 6.92 Å². The molecule has 1 unspecified atom stereocenters. The molecule has 1 saturated heterocycles. The Hall–Kier alpha value is -1.75. The van der Waals surface area contributed by atoms with E-state index in [2.05, 4.69) is 5.32 Å². The predicted molar refractivity (Wildman–Crippen MR) is 63.8 cm³/mol. The van der Waals surface area contributed by atoms with Gasteiger partial charge >= 0.3 is 0 Å². The van der Waals surface area contributed by atoms with E-state index in [1.165, 1.54) is 4.90 Å². The summed E-state index contributed by atoms with van der Waals surface area (Å²) >= 11 is 4.99. The third-order valence-electron chi connectivity index (χ3n) is 2.43. The number of hydrogen-bond donors (Lipinski definition) is 1. The number of nitrogens with one attached hydrogen (secondary N) is 1. The van der Waals surface area contributed by atoms with E-state index in [0.717, 1.165) is 0 Å². The summed E-state index contributed by atoms with van der Waals surface area (Å²) in [7, 11) is 0. The van der Waals surface area contributed by atoms with Crippen LogP contribution < -0.4 is 10.2 Å². The van der Waals surface area contributed by atoms with Gasteiger partial charge in [0.25, 0.3) is 0 Å². The molecule has 1 aromatic carbocycles. The van der Waals surface area contributed by atoms with Crippen LogP contribution in [0.5, 0.6) is 0 Å². The molecular formula is C11H10N2O2S. The molecule has 4 nitrogen and oxygen atoms in total. The molecule has 82 valence electrons. The molecule has 0 aromatic heterocycles. The first-order chi connectivity index (χ1) is 7.61. The van der Waals surface area contributed by atoms with Crippen molar-refractivity contribution in [3.63, 3.8) is 0 Å². The Labute approximate surface area is 98.2 Å². The molecule has 0 aliphatic carbocycles. The number of nitrogens with zero attached hydrogens (tertiary/aromatic N) is 1. The lowest BCUT2D eigenvalue weighted by Gasteiger charge is -2.30. The summed E-state index contributed by atoms with van der Waals surface area (Å²) in [6, 6.07) is 9.02. The van der Waals surface area contributed by atoms with E-state index >= 15 is 0 Å². The molecule has 1 heterocycles. The maximum Gasteiger partial charge on any atom is 0.245 e. The van der Waals surface area contributed by atoms with Crippen molar-refractivity contribution in [1.82, 2.24) is 5.32 Å². The molecule has 2 amide bonds. The second-order valence-corrected chi connectivity index (χ2v) is 3.91. The number of amides is 2. The first-order valence-corrected chi connectivity index (χ1v) is 5.26. The summed E-state index contributed by atoms with van der Waals surface area (Å²) in [6.45, 7) is 1.56. The number of benzene rings is 1. The summed E-state index contributed by atoms with van der Waals surface area (Å²) in [5, 5.41) is 2.64. The Morgan fingerprint density at radius 1 is 1.25 bits per heavy atom. The molecule has 1 N–H and O–H groups in total. The fourth-order valence-electron chi connectivity index (χ4n) is 1.50. The van der Waals surface area contributed by atoms with Crippen LogP contribution in [0.3, 0.4) is 0 Å². The monoisotopic (exact) mass is 234 g/mol. The van der Waals surface area contributed by atoms with Crippen LogP contribution in [0.4, 0.5) is 5.69 Å². The Bertz CT molecular complexity index is 458. The summed E-state index contributed by atoms with van der Waals surface area (Å²) in [6.07, 6.45) is 0. The van der Waals surface area contributed by atoms with Crippen molar-refractivity contribution >= 4 is 34.8 Å². The van der Waals surface area contributed by atoms with Gasteiger partial charge in [-0.25, -0.2) is 0 Å². The second-order valence-electron chi connectivity index (χ2n) is 3.53. The number of carbonyl (C=O) groups is 2. The van der Waals surface area contributed by atoms with E-state index in [1.807, 2.05) is 18.2 Å².